The molecule has 0 unspecified atom stereocenters. The van der Waals surface area contributed by atoms with E-state index in [-0.39, 0.29) is 18.4 Å². The number of amides is 2. The molecule has 2 aromatic rings. The molecule has 0 aliphatic carbocycles. The summed E-state index contributed by atoms with van der Waals surface area (Å²) in [6.07, 6.45) is 4.43. The van der Waals surface area contributed by atoms with Crippen LogP contribution in [-0.2, 0) is 9.59 Å². The lowest BCUT2D eigenvalue weighted by atomic mass is 10.3. The van der Waals surface area contributed by atoms with Crippen LogP contribution in [0.2, 0.25) is 5.02 Å². The van der Waals surface area contributed by atoms with Crippen molar-refractivity contribution in [1.29, 1.82) is 0 Å². The van der Waals surface area contributed by atoms with Crippen molar-refractivity contribution in [3.05, 3.63) is 59.5 Å². The summed E-state index contributed by atoms with van der Waals surface area (Å²) in [5.74, 6) is -0.000377. The molecule has 0 aliphatic heterocycles. The molecule has 0 saturated heterocycles. The summed E-state index contributed by atoms with van der Waals surface area (Å²) in [5.41, 5.74) is 0.626. The lowest BCUT2D eigenvalue weighted by molar-refractivity contribution is -0.129. The maximum atomic E-state index is 11.9. The third-order valence-electron chi connectivity index (χ3n) is 2.82. The van der Waals surface area contributed by atoms with Crippen LogP contribution in [0, 0.1) is 0 Å². The third kappa shape index (κ3) is 4.79. The summed E-state index contributed by atoms with van der Waals surface area (Å²) in [6.45, 7) is -0.0516. The second-order valence-electron chi connectivity index (χ2n) is 4.60. The smallest absolute Gasteiger partial charge is 0.246 e. The Morgan fingerprint density at radius 1 is 1.27 bits per heavy atom. The number of carbonyl (C=O) groups is 2. The monoisotopic (exact) mass is 318 g/mol. The summed E-state index contributed by atoms with van der Waals surface area (Å²) in [6, 6.07) is 10.2. The highest BCUT2D eigenvalue weighted by molar-refractivity contribution is 6.30. The first-order valence-electron chi connectivity index (χ1n) is 6.57. The average Bonchev–Trinajstić information content (AvgIpc) is 3.00. The lowest BCUT2D eigenvalue weighted by Gasteiger charge is -2.14. The molecule has 2 amide bonds. The maximum Gasteiger partial charge on any atom is 0.246 e. The van der Waals surface area contributed by atoms with E-state index in [1.165, 1.54) is 17.2 Å². The topological polar surface area (TPSA) is 62.6 Å². The third-order valence-corrected chi connectivity index (χ3v) is 3.07. The van der Waals surface area contributed by atoms with Gasteiger partial charge in [0.15, 0.2) is 0 Å². The Morgan fingerprint density at radius 2 is 2.00 bits per heavy atom. The van der Waals surface area contributed by atoms with Gasteiger partial charge in [-0.1, -0.05) is 11.6 Å². The summed E-state index contributed by atoms with van der Waals surface area (Å²) in [5, 5.41) is 3.28. The quantitative estimate of drug-likeness (QED) is 0.862. The number of halogens is 1. The molecule has 0 fully saturated rings. The molecule has 1 N–H and O–H groups in total. The van der Waals surface area contributed by atoms with E-state index in [9.17, 15) is 9.59 Å². The predicted octanol–water partition coefficient (Wildman–Crippen LogP) is 3.04. The van der Waals surface area contributed by atoms with Crippen LogP contribution >= 0.6 is 11.6 Å². The molecule has 0 spiro atoms. The van der Waals surface area contributed by atoms with Gasteiger partial charge in [-0.25, -0.2) is 0 Å². The number of furan rings is 1. The van der Waals surface area contributed by atoms with Gasteiger partial charge in [-0.15, -0.1) is 0 Å². The van der Waals surface area contributed by atoms with Gasteiger partial charge in [-0.05, 0) is 42.5 Å². The van der Waals surface area contributed by atoms with E-state index < -0.39 is 0 Å². The average molecular weight is 319 g/mol. The zero-order valence-corrected chi connectivity index (χ0v) is 12.7. The summed E-state index contributed by atoms with van der Waals surface area (Å²) < 4.78 is 5.09. The highest BCUT2D eigenvalue weighted by Crippen LogP contribution is 2.13. The van der Waals surface area contributed by atoms with Gasteiger partial charge in [0.2, 0.25) is 11.8 Å². The van der Waals surface area contributed by atoms with Crippen molar-refractivity contribution < 1.29 is 14.0 Å². The van der Waals surface area contributed by atoms with Crippen LogP contribution in [0.4, 0.5) is 5.69 Å². The number of anilines is 1. The minimum Gasteiger partial charge on any atom is -0.465 e. The van der Waals surface area contributed by atoms with Crippen LogP contribution < -0.4 is 5.32 Å². The normalized spacial score (nSPS) is 10.6. The van der Waals surface area contributed by atoms with E-state index in [0.29, 0.717) is 16.5 Å². The van der Waals surface area contributed by atoms with Gasteiger partial charge in [0.25, 0.3) is 0 Å². The highest BCUT2D eigenvalue weighted by atomic mass is 35.5. The van der Waals surface area contributed by atoms with Crippen LogP contribution in [0.15, 0.2) is 53.2 Å². The molecule has 6 heteroatoms. The minimum atomic E-state index is -0.289. The van der Waals surface area contributed by atoms with E-state index in [0.717, 1.165) is 0 Å². The van der Waals surface area contributed by atoms with Crippen molar-refractivity contribution in [3.8, 4) is 0 Å². The zero-order chi connectivity index (χ0) is 15.9. The summed E-state index contributed by atoms with van der Waals surface area (Å²) in [4.78, 5) is 25.0. The fourth-order valence-corrected chi connectivity index (χ4v) is 1.82. The van der Waals surface area contributed by atoms with Gasteiger partial charge >= 0.3 is 0 Å². The molecular formula is C16H15ClN2O3. The number of hydrogen-bond acceptors (Lipinski definition) is 3. The van der Waals surface area contributed by atoms with E-state index >= 15 is 0 Å². The molecule has 22 heavy (non-hydrogen) atoms. The largest absolute Gasteiger partial charge is 0.465 e. The number of hydrogen-bond donors (Lipinski definition) is 1. The van der Waals surface area contributed by atoms with Gasteiger partial charge < -0.3 is 14.6 Å². The number of rotatable bonds is 5. The van der Waals surface area contributed by atoms with Crippen molar-refractivity contribution >= 4 is 35.2 Å². The van der Waals surface area contributed by atoms with Crippen LogP contribution in [0.1, 0.15) is 5.76 Å². The number of nitrogens with zero attached hydrogens (tertiary/aromatic N) is 1. The Morgan fingerprint density at radius 3 is 2.64 bits per heavy atom. The Kier molecular flexibility index (Phi) is 5.38. The number of nitrogens with one attached hydrogen (secondary N) is 1. The maximum absolute atomic E-state index is 11.9. The number of benzene rings is 1. The van der Waals surface area contributed by atoms with Crippen molar-refractivity contribution in [1.82, 2.24) is 4.90 Å². The minimum absolute atomic E-state index is 0.0516. The lowest BCUT2D eigenvalue weighted by Crippen LogP contribution is -2.33. The van der Waals surface area contributed by atoms with Gasteiger partial charge in [0.1, 0.15) is 5.76 Å². The SMILES string of the molecule is CN(CC(=O)Nc1ccc(Cl)cc1)C(=O)C=Cc1ccco1. The Hall–Kier alpha value is -2.53. The number of carbonyl (C=O) groups excluding carboxylic acids is 2. The van der Waals surface area contributed by atoms with Crippen LogP contribution in [-0.4, -0.2) is 30.3 Å². The molecule has 1 aromatic carbocycles. The van der Waals surface area contributed by atoms with Crippen molar-refractivity contribution in [3.63, 3.8) is 0 Å². The van der Waals surface area contributed by atoms with Crippen molar-refractivity contribution in [2.24, 2.45) is 0 Å². The predicted molar refractivity (Wildman–Crippen MR) is 85.5 cm³/mol. The highest BCUT2D eigenvalue weighted by Gasteiger charge is 2.10. The first-order valence-corrected chi connectivity index (χ1v) is 6.94. The Bertz CT molecular complexity index is 663. The van der Waals surface area contributed by atoms with Gasteiger partial charge in [0, 0.05) is 23.8 Å². The van der Waals surface area contributed by atoms with Crippen molar-refractivity contribution in [2.45, 2.75) is 0 Å². The van der Waals surface area contributed by atoms with Crippen LogP contribution in [0.5, 0.6) is 0 Å². The molecule has 2 rings (SSSR count). The molecular weight excluding hydrogens is 304 g/mol. The summed E-state index contributed by atoms with van der Waals surface area (Å²) in [7, 11) is 1.55. The molecule has 0 saturated carbocycles. The molecule has 0 aliphatic rings. The first kappa shape index (κ1) is 15.9. The van der Waals surface area contributed by atoms with E-state index in [4.69, 9.17) is 16.0 Å². The van der Waals surface area contributed by atoms with Crippen LogP contribution in [0.25, 0.3) is 6.08 Å². The van der Waals surface area contributed by atoms with Gasteiger partial charge in [0.05, 0.1) is 12.8 Å². The van der Waals surface area contributed by atoms with E-state index in [2.05, 4.69) is 5.32 Å². The molecule has 0 radical (unpaired) electrons. The Balaban J connectivity index is 1.85. The molecule has 1 aromatic heterocycles. The van der Waals surface area contributed by atoms with Crippen molar-refractivity contribution in [2.75, 3.05) is 18.9 Å². The number of likely N-dealkylation sites (N-methyl/N-ethyl adjacent to an activating group) is 1. The standard InChI is InChI=1S/C16H15ClN2O3/c1-19(16(21)9-8-14-3-2-10-22-14)11-15(20)18-13-6-4-12(17)5-7-13/h2-10H,11H2,1H3,(H,18,20). The van der Waals surface area contributed by atoms with Gasteiger partial charge in [-0.3, -0.25) is 9.59 Å². The second-order valence-corrected chi connectivity index (χ2v) is 5.03. The molecule has 1 heterocycles. The van der Waals surface area contributed by atoms with E-state index in [1.54, 1.807) is 49.5 Å². The summed E-state index contributed by atoms with van der Waals surface area (Å²) >= 11 is 5.77. The molecule has 114 valence electrons. The molecule has 5 nitrogen and oxygen atoms in total. The zero-order valence-electron chi connectivity index (χ0n) is 12.0. The first-order chi connectivity index (χ1) is 10.5. The molecule has 0 atom stereocenters. The Labute approximate surface area is 133 Å². The van der Waals surface area contributed by atoms with E-state index in [1.807, 2.05) is 0 Å². The second kappa shape index (κ2) is 7.47. The fourth-order valence-electron chi connectivity index (χ4n) is 1.69. The van der Waals surface area contributed by atoms with Gasteiger partial charge in [-0.2, -0.15) is 0 Å². The fraction of sp³-hybridized carbons (Fsp3) is 0.125. The van der Waals surface area contributed by atoms with Crippen LogP contribution in [0.3, 0.4) is 0 Å². The molecule has 0 bridgehead atoms.